The molecule has 1 unspecified atom stereocenters. The molecule has 1 aromatic rings. The highest BCUT2D eigenvalue weighted by Gasteiger charge is 2.08. The van der Waals surface area contributed by atoms with Crippen LogP contribution in [0.5, 0.6) is 0 Å². The van der Waals surface area contributed by atoms with Crippen LogP contribution >= 0.6 is 0 Å². The number of hydrogen-bond donors (Lipinski definition) is 1. The number of nitrogens with two attached hydrogens (primary N) is 1. The Hall–Kier alpha value is -0.940. The van der Waals surface area contributed by atoms with Crippen molar-refractivity contribution < 1.29 is 13.3 Å². The van der Waals surface area contributed by atoms with Gasteiger partial charge in [-0.25, -0.2) is 4.39 Å². The number of anilines is 1. The maximum atomic E-state index is 12.7. The van der Waals surface area contributed by atoms with Gasteiger partial charge < -0.3 is 10.5 Å². The van der Waals surface area contributed by atoms with Crippen molar-refractivity contribution >= 4 is 16.5 Å². The fourth-order valence-corrected chi connectivity index (χ4v) is 1.94. The number of halogens is 1. The van der Waals surface area contributed by atoms with Crippen LogP contribution in [0.25, 0.3) is 0 Å². The quantitative estimate of drug-likeness (QED) is 0.778. The maximum absolute atomic E-state index is 12.7. The predicted molar refractivity (Wildman–Crippen MR) is 53.7 cm³/mol. The van der Waals surface area contributed by atoms with Crippen LogP contribution in [0.4, 0.5) is 10.1 Å². The monoisotopic (exact) mass is 217 g/mol. The summed E-state index contributed by atoms with van der Waals surface area (Å²) >= 11 is 0. The molecule has 0 radical (unpaired) electrons. The Kier molecular flexibility index (Phi) is 4.03. The van der Waals surface area contributed by atoms with Crippen molar-refractivity contribution in [2.45, 2.75) is 11.8 Å². The van der Waals surface area contributed by atoms with E-state index in [1.807, 2.05) is 6.92 Å². The van der Waals surface area contributed by atoms with Gasteiger partial charge in [-0.2, -0.15) is 0 Å². The number of rotatable bonds is 4. The second kappa shape index (κ2) is 5.07. The molecule has 2 N–H and O–H groups in total. The highest BCUT2D eigenvalue weighted by atomic mass is 32.2. The van der Waals surface area contributed by atoms with Crippen molar-refractivity contribution in [2.24, 2.45) is 0 Å². The molecular weight excluding hydrogens is 205 g/mol. The lowest BCUT2D eigenvalue weighted by atomic mass is 10.3. The molecule has 0 aliphatic rings. The summed E-state index contributed by atoms with van der Waals surface area (Å²) in [4.78, 5) is 0.417. The Morgan fingerprint density at radius 3 is 2.86 bits per heavy atom. The van der Waals surface area contributed by atoms with Crippen LogP contribution in [-0.4, -0.2) is 16.8 Å². The molecule has 1 rings (SSSR count). The van der Waals surface area contributed by atoms with E-state index in [1.165, 1.54) is 12.1 Å². The smallest absolute Gasteiger partial charge is 0.126 e. The summed E-state index contributed by atoms with van der Waals surface area (Å²) in [6.45, 7) is 2.30. The lowest BCUT2D eigenvalue weighted by Gasteiger charge is -2.05. The second-order valence-corrected chi connectivity index (χ2v) is 4.00. The molecule has 5 heteroatoms. The first-order valence-electron chi connectivity index (χ1n) is 4.16. The van der Waals surface area contributed by atoms with Crippen LogP contribution in [0.1, 0.15) is 6.92 Å². The van der Waals surface area contributed by atoms with Crippen LogP contribution in [0.2, 0.25) is 0 Å². The molecule has 0 aliphatic carbocycles. The SMILES string of the molecule is CCOCS(=O)c1ccc(F)cc1N. The van der Waals surface area contributed by atoms with Crippen LogP contribution in [0, 0.1) is 5.82 Å². The third-order valence-corrected chi connectivity index (χ3v) is 2.85. The van der Waals surface area contributed by atoms with Gasteiger partial charge in [0, 0.05) is 6.61 Å². The molecule has 3 nitrogen and oxygen atoms in total. The zero-order valence-corrected chi connectivity index (χ0v) is 8.64. The minimum absolute atomic E-state index is 0.0896. The Bertz CT molecular complexity index is 344. The van der Waals surface area contributed by atoms with Gasteiger partial charge in [0.15, 0.2) is 0 Å². The van der Waals surface area contributed by atoms with E-state index in [-0.39, 0.29) is 11.6 Å². The van der Waals surface area contributed by atoms with E-state index in [9.17, 15) is 8.60 Å². The van der Waals surface area contributed by atoms with Gasteiger partial charge in [-0.3, -0.25) is 4.21 Å². The van der Waals surface area contributed by atoms with Gasteiger partial charge in [0.05, 0.1) is 21.4 Å². The van der Waals surface area contributed by atoms with Gasteiger partial charge in [-0.1, -0.05) is 0 Å². The van der Waals surface area contributed by atoms with E-state index >= 15 is 0 Å². The average Bonchev–Trinajstić information content (AvgIpc) is 2.14. The fourth-order valence-electron chi connectivity index (χ4n) is 0.949. The molecule has 0 aliphatic heterocycles. The third kappa shape index (κ3) is 2.78. The zero-order valence-electron chi connectivity index (χ0n) is 7.83. The van der Waals surface area contributed by atoms with E-state index in [1.54, 1.807) is 0 Å². The first-order chi connectivity index (χ1) is 6.65. The maximum Gasteiger partial charge on any atom is 0.126 e. The van der Waals surface area contributed by atoms with E-state index in [0.29, 0.717) is 11.5 Å². The van der Waals surface area contributed by atoms with Crippen LogP contribution in [0.3, 0.4) is 0 Å². The average molecular weight is 217 g/mol. The van der Waals surface area contributed by atoms with E-state index in [0.717, 1.165) is 6.07 Å². The van der Waals surface area contributed by atoms with Gasteiger partial charge in [0.25, 0.3) is 0 Å². The molecule has 14 heavy (non-hydrogen) atoms. The number of hydrogen-bond acceptors (Lipinski definition) is 3. The van der Waals surface area contributed by atoms with Crippen molar-refractivity contribution in [3.8, 4) is 0 Å². The van der Waals surface area contributed by atoms with Crippen molar-refractivity contribution in [3.63, 3.8) is 0 Å². The molecule has 0 aromatic heterocycles. The lowest BCUT2D eigenvalue weighted by molar-refractivity contribution is 0.196. The molecule has 0 saturated carbocycles. The van der Waals surface area contributed by atoms with Crippen molar-refractivity contribution in [2.75, 3.05) is 18.3 Å². The van der Waals surface area contributed by atoms with E-state index in [2.05, 4.69) is 0 Å². The number of benzene rings is 1. The molecule has 0 bridgehead atoms. The standard InChI is InChI=1S/C9H12FNO2S/c1-2-13-6-14(12)9-4-3-7(10)5-8(9)11/h3-5H,2,6,11H2,1H3. The molecule has 0 amide bonds. The Morgan fingerprint density at radius 1 is 1.57 bits per heavy atom. The zero-order chi connectivity index (χ0) is 10.6. The van der Waals surface area contributed by atoms with Crippen molar-refractivity contribution in [3.05, 3.63) is 24.0 Å². The fraction of sp³-hybridized carbons (Fsp3) is 0.333. The Labute approximate surface area is 84.5 Å². The highest BCUT2D eigenvalue weighted by Crippen LogP contribution is 2.17. The summed E-state index contributed by atoms with van der Waals surface area (Å²) in [6.07, 6.45) is 0. The summed E-state index contributed by atoms with van der Waals surface area (Å²) in [5.74, 6) is -0.341. The number of nitrogen functional groups attached to an aromatic ring is 1. The minimum Gasteiger partial charge on any atom is -0.398 e. The van der Waals surface area contributed by atoms with Crippen LogP contribution < -0.4 is 5.73 Å². The minimum atomic E-state index is -1.32. The topological polar surface area (TPSA) is 52.3 Å². The van der Waals surface area contributed by atoms with Crippen LogP contribution in [-0.2, 0) is 15.5 Å². The van der Waals surface area contributed by atoms with Gasteiger partial charge >= 0.3 is 0 Å². The molecule has 78 valence electrons. The number of ether oxygens (including phenoxy) is 1. The molecule has 0 saturated heterocycles. The normalized spacial score (nSPS) is 12.7. The molecule has 0 spiro atoms. The highest BCUT2D eigenvalue weighted by molar-refractivity contribution is 7.85. The first-order valence-corrected chi connectivity index (χ1v) is 5.48. The summed E-state index contributed by atoms with van der Waals surface area (Å²) < 4.78 is 29.2. The Balaban J connectivity index is 2.80. The van der Waals surface area contributed by atoms with Gasteiger partial charge in [0.2, 0.25) is 0 Å². The molecular formula is C9H12FNO2S. The second-order valence-electron chi connectivity index (χ2n) is 2.64. The predicted octanol–water partition coefficient (Wildman–Crippen LogP) is 1.51. The van der Waals surface area contributed by atoms with E-state index in [4.69, 9.17) is 10.5 Å². The van der Waals surface area contributed by atoms with Crippen LogP contribution in [0.15, 0.2) is 23.1 Å². The van der Waals surface area contributed by atoms with E-state index < -0.39 is 16.6 Å². The summed E-state index contributed by atoms with van der Waals surface area (Å²) in [6, 6.07) is 3.80. The molecule has 0 heterocycles. The molecule has 0 fully saturated rings. The third-order valence-electron chi connectivity index (χ3n) is 1.61. The van der Waals surface area contributed by atoms with Crippen molar-refractivity contribution in [1.82, 2.24) is 0 Å². The largest absolute Gasteiger partial charge is 0.398 e. The van der Waals surface area contributed by atoms with Gasteiger partial charge in [0.1, 0.15) is 11.8 Å². The van der Waals surface area contributed by atoms with Gasteiger partial charge in [-0.05, 0) is 25.1 Å². The summed E-state index contributed by atoms with van der Waals surface area (Å²) in [5.41, 5.74) is 5.70. The Morgan fingerprint density at radius 2 is 2.29 bits per heavy atom. The summed E-state index contributed by atoms with van der Waals surface area (Å²) in [7, 11) is -1.32. The molecule has 1 atom stereocenters. The molecule has 1 aromatic carbocycles. The van der Waals surface area contributed by atoms with Crippen molar-refractivity contribution in [1.29, 1.82) is 0 Å². The summed E-state index contributed by atoms with van der Waals surface area (Å²) in [5, 5.41) is 0. The lowest BCUT2D eigenvalue weighted by Crippen LogP contribution is -2.05. The first kappa shape index (κ1) is 11.1. The van der Waals surface area contributed by atoms with Gasteiger partial charge in [-0.15, -0.1) is 0 Å².